The number of aryl methyl sites for hydroxylation is 1. The second-order valence-electron chi connectivity index (χ2n) is 6.30. The minimum Gasteiger partial charge on any atom is -0.375 e. The van der Waals surface area contributed by atoms with Gasteiger partial charge in [-0.15, -0.1) is 0 Å². The first-order valence-corrected chi connectivity index (χ1v) is 8.03. The van der Waals surface area contributed by atoms with Crippen molar-refractivity contribution >= 4 is 27.5 Å². The second kappa shape index (κ2) is 5.39. The highest BCUT2D eigenvalue weighted by Crippen LogP contribution is 2.26. The van der Waals surface area contributed by atoms with Crippen LogP contribution in [0.25, 0.3) is 10.1 Å². The van der Waals surface area contributed by atoms with E-state index in [0.717, 1.165) is 28.5 Å². The molecule has 1 N–H and O–H groups in total. The molecule has 1 atom stereocenters. The SMILES string of the molecule is Cc1ccc2snc(C(=O)NC3CCOC(C)(C)C3)c2c1. The summed E-state index contributed by atoms with van der Waals surface area (Å²) in [6.45, 7) is 6.84. The number of hydrogen-bond acceptors (Lipinski definition) is 4. The monoisotopic (exact) mass is 304 g/mol. The van der Waals surface area contributed by atoms with Gasteiger partial charge in [-0.25, -0.2) is 0 Å². The molecule has 112 valence electrons. The lowest BCUT2D eigenvalue weighted by atomic mass is 9.94. The Labute approximate surface area is 128 Å². The van der Waals surface area contributed by atoms with Crippen molar-refractivity contribution in [3.05, 3.63) is 29.5 Å². The van der Waals surface area contributed by atoms with Gasteiger partial charge in [0.1, 0.15) is 5.69 Å². The molecule has 0 bridgehead atoms. The minimum atomic E-state index is -0.170. The second-order valence-corrected chi connectivity index (χ2v) is 7.11. The maximum Gasteiger partial charge on any atom is 0.271 e. The molecule has 1 saturated heterocycles. The molecule has 4 nitrogen and oxygen atoms in total. The van der Waals surface area contributed by atoms with Gasteiger partial charge in [0.2, 0.25) is 0 Å². The molecule has 0 spiro atoms. The normalized spacial score (nSPS) is 21.4. The Morgan fingerprint density at radius 2 is 2.29 bits per heavy atom. The fraction of sp³-hybridized carbons (Fsp3) is 0.500. The number of carbonyl (C=O) groups excluding carboxylic acids is 1. The van der Waals surface area contributed by atoms with Crippen molar-refractivity contribution in [1.29, 1.82) is 0 Å². The Morgan fingerprint density at radius 1 is 1.48 bits per heavy atom. The lowest BCUT2D eigenvalue weighted by Gasteiger charge is -2.35. The van der Waals surface area contributed by atoms with Gasteiger partial charge in [0, 0.05) is 18.0 Å². The van der Waals surface area contributed by atoms with Gasteiger partial charge in [-0.3, -0.25) is 4.79 Å². The smallest absolute Gasteiger partial charge is 0.271 e. The summed E-state index contributed by atoms with van der Waals surface area (Å²) in [6.07, 6.45) is 1.69. The van der Waals surface area contributed by atoms with Crippen LogP contribution in [0.2, 0.25) is 0 Å². The number of fused-ring (bicyclic) bond motifs is 1. The zero-order valence-corrected chi connectivity index (χ0v) is 13.4. The van der Waals surface area contributed by atoms with Crippen LogP contribution in [0.5, 0.6) is 0 Å². The van der Waals surface area contributed by atoms with Crippen LogP contribution in [0.1, 0.15) is 42.7 Å². The third-order valence-corrected chi connectivity index (χ3v) is 4.70. The topological polar surface area (TPSA) is 51.2 Å². The predicted molar refractivity (Wildman–Crippen MR) is 84.9 cm³/mol. The highest BCUT2D eigenvalue weighted by Gasteiger charge is 2.30. The fourth-order valence-electron chi connectivity index (χ4n) is 2.83. The summed E-state index contributed by atoms with van der Waals surface area (Å²) in [4.78, 5) is 12.5. The maximum absolute atomic E-state index is 12.5. The molecule has 2 heterocycles. The number of aromatic nitrogens is 1. The molecule has 3 rings (SSSR count). The van der Waals surface area contributed by atoms with Crippen molar-refractivity contribution in [2.75, 3.05) is 6.61 Å². The summed E-state index contributed by atoms with van der Waals surface area (Å²) in [5.74, 6) is -0.0745. The van der Waals surface area contributed by atoms with E-state index in [4.69, 9.17) is 4.74 Å². The van der Waals surface area contributed by atoms with Gasteiger partial charge in [0.15, 0.2) is 0 Å². The molecule has 0 saturated carbocycles. The third-order valence-electron chi connectivity index (χ3n) is 3.87. The highest BCUT2D eigenvalue weighted by molar-refractivity contribution is 7.13. The summed E-state index contributed by atoms with van der Waals surface area (Å²) in [6, 6.07) is 6.25. The Kier molecular flexibility index (Phi) is 3.71. The van der Waals surface area contributed by atoms with Crippen LogP contribution >= 0.6 is 11.5 Å². The van der Waals surface area contributed by atoms with E-state index in [1.807, 2.05) is 25.1 Å². The number of rotatable bonds is 2. The number of carbonyl (C=O) groups is 1. The fourth-order valence-corrected chi connectivity index (χ4v) is 3.58. The van der Waals surface area contributed by atoms with Crippen molar-refractivity contribution in [3.63, 3.8) is 0 Å². The Hall–Kier alpha value is -1.46. The standard InChI is InChI=1S/C16H20N2O2S/c1-10-4-5-13-12(8-10)14(18-21-13)15(19)17-11-6-7-20-16(2,3)9-11/h4-5,8,11H,6-7,9H2,1-3H3,(H,17,19). The first-order valence-electron chi connectivity index (χ1n) is 7.25. The average molecular weight is 304 g/mol. The van der Waals surface area contributed by atoms with E-state index in [1.54, 1.807) is 0 Å². The van der Waals surface area contributed by atoms with Crippen LogP contribution in [0.15, 0.2) is 18.2 Å². The predicted octanol–water partition coefficient (Wildman–Crippen LogP) is 3.29. The molecule has 1 aliphatic heterocycles. The van der Waals surface area contributed by atoms with Crippen molar-refractivity contribution in [1.82, 2.24) is 9.69 Å². The highest BCUT2D eigenvalue weighted by atomic mass is 32.1. The van der Waals surface area contributed by atoms with Gasteiger partial charge in [-0.05, 0) is 57.3 Å². The molecular formula is C16H20N2O2S. The van der Waals surface area contributed by atoms with Crippen LogP contribution in [-0.4, -0.2) is 28.5 Å². The quantitative estimate of drug-likeness (QED) is 0.926. The molecule has 2 aromatic rings. The van der Waals surface area contributed by atoms with E-state index in [-0.39, 0.29) is 17.6 Å². The zero-order valence-electron chi connectivity index (χ0n) is 12.6. The summed E-state index contributed by atoms with van der Waals surface area (Å²) in [7, 11) is 0. The Balaban J connectivity index is 1.79. The van der Waals surface area contributed by atoms with E-state index in [0.29, 0.717) is 12.3 Å². The van der Waals surface area contributed by atoms with Crippen LogP contribution in [0.4, 0.5) is 0 Å². The van der Waals surface area contributed by atoms with Gasteiger partial charge in [0.25, 0.3) is 5.91 Å². The molecule has 1 aromatic heterocycles. The van der Waals surface area contributed by atoms with Crippen LogP contribution in [0, 0.1) is 6.92 Å². The van der Waals surface area contributed by atoms with Crippen molar-refractivity contribution < 1.29 is 9.53 Å². The molecule has 1 aliphatic rings. The molecule has 1 unspecified atom stereocenters. The largest absolute Gasteiger partial charge is 0.375 e. The number of amides is 1. The molecule has 1 amide bonds. The van der Waals surface area contributed by atoms with Gasteiger partial charge < -0.3 is 10.1 Å². The molecule has 1 aromatic carbocycles. The summed E-state index contributed by atoms with van der Waals surface area (Å²) in [5, 5.41) is 4.06. The average Bonchev–Trinajstić information content (AvgIpc) is 2.80. The van der Waals surface area contributed by atoms with E-state index in [1.165, 1.54) is 11.5 Å². The minimum absolute atomic E-state index is 0.0745. The van der Waals surface area contributed by atoms with Gasteiger partial charge >= 0.3 is 0 Å². The van der Waals surface area contributed by atoms with Crippen LogP contribution < -0.4 is 5.32 Å². The Morgan fingerprint density at radius 3 is 3.05 bits per heavy atom. The van der Waals surface area contributed by atoms with Crippen molar-refractivity contribution in [2.24, 2.45) is 0 Å². The number of benzene rings is 1. The van der Waals surface area contributed by atoms with Crippen molar-refractivity contribution in [2.45, 2.75) is 45.3 Å². The first-order chi connectivity index (χ1) is 9.94. The lowest BCUT2D eigenvalue weighted by Crippen LogP contribution is -2.45. The maximum atomic E-state index is 12.5. The number of nitrogens with one attached hydrogen (secondary N) is 1. The number of nitrogens with zero attached hydrogens (tertiary/aromatic N) is 1. The van der Waals surface area contributed by atoms with Gasteiger partial charge in [-0.2, -0.15) is 4.37 Å². The van der Waals surface area contributed by atoms with Crippen molar-refractivity contribution in [3.8, 4) is 0 Å². The number of hydrogen-bond donors (Lipinski definition) is 1. The van der Waals surface area contributed by atoms with E-state index in [9.17, 15) is 4.79 Å². The van der Waals surface area contributed by atoms with Gasteiger partial charge in [0.05, 0.1) is 10.3 Å². The molecule has 21 heavy (non-hydrogen) atoms. The number of ether oxygens (including phenoxy) is 1. The molecule has 5 heteroatoms. The van der Waals surface area contributed by atoms with Crippen LogP contribution in [-0.2, 0) is 4.74 Å². The van der Waals surface area contributed by atoms with Gasteiger partial charge in [-0.1, -0.05) is 11.6 Å². The summed E-state index contributed by atoms with van der Waals surface area (Å²) < 4.78 is 11.1. The van der Waals surface area contributed by atoms with Crippen LogP contribution in [0.3, 0.4) is 0 Å². The molecular weight excluding hydrogens is 284 g/mol. The molecule has 1 fully saturated rings. The molecule has 0 radical (unpaired) electrons. The first kappa shape index (κ1) is 14.5. The summed E-state index contributed by atoms with van der Waals surface area (Å²) >= 11 is 1.38. The Bertz CT molecular complexity index is 678. The van der Waals surface area contributed by atoms with E-state index < -0.39 is 0 Å². The third kappa shape index (κ3) is 3.09. The zero-order chi connectivity index (χ0) is 15.0. The van der Waals surface area contributed by atoms with E-state index >= 15 is 0 Å². The lowest BCUT2D eigenvalue weighted by molar-refractivity contribution is -0.0615. The summed E-state index contributed by atoms with van der Waals surface area (Å²) in [5.41, 5.74) is 1.52. The molecule has 0 aliphatic carbocycles. The van der Waals surface area contributed by atoms with E-state index in [2.05, 4.69) is 23.5 Å².